The zero-order chi connectivity index (χ0) is 22.8. The SMILES string of the molecule is Cc1oc2ncn(C)c(=O)c2c1C(=O)NC(C)CC(=O)Nc1cccc(N2CCCC2)c1. The summed E-state index contributed by atoms with van der Waals surface area (Å²) in [5.74, 6) is -0.367. The first-order valence-corrected chi connectivity index (χ1v) is 10.7. The van der Waals surface area contributed by atoms with Crippen LogP contribution < -0.4 is 21.1 Å². The topological polar surface area (TPSA) is 109 Å². The Labute approximate surface area is 185 Å². The molecular weight excluding hydrogens is 410 g/mol. The molecule has 0 aliphatic carbocycles. The number of benzene rings is 1. The molecule has 9 heteroatoms. The third-order valence-corrected chi connectivity index (χ3v) is 5.65. The van der Waals surface area contributed by atoms with Gasteiger partial charge in [0.15, 0.2) is 0 Å². The number of rotatable bonds is 6. The van der Waals surface area contributed by atoms with Crippen LogP contribution >= 0.6 is 0 Å². The molecule has 1 fully saturated rings. The highest BCUT2D eigenvalue weighted by Gasteiger charge is 2.24. The van der Waals surface area contributed by atoms with E-state index in [1.165, 1.54) is 23.7 Å². The Morgan fingerprint density at radius 2 is 2.00 bits per heavy atom. The van der Waals surface area contributed by atoms with Crippen molar-refractivity contribution in [1.29, 1.82) is 0 Å². The maximum absolute atomic E-state index is 12.9. The van der Waals surface area contributed by atoms with Crippen LogP contribution in [0.2, 0.25) is 0 Å². The van der Waals surface area contributed by atoms with Gasteiger partial charge in [0.25, 0.3) is 11.5 Å². The Morgan fingerprint density at radius 1 is 1.25 bits per heavy atom. The fraction of sp³-hybridized carbons (Fsp3) is 0.391. The number of nitrogens with one attached hydrogen (secondary N) is 2. The van der Waals surface area contributed by atoms with E-state index in [9.17, 15) is 14.4 Å². The predicted octanol–water partition coefficient (Wildman–Crippen LogP) is 2.58. The van der Waals surface area contributed by atoms with E-state index in [2.05, 4.69) is 20.5 Å². The van der Waals surface area contributed by atoms with Crippen molar-refractivity contribution in [3.63, 3.8) is 0 Å². The van der Waals surface area contributed by atoms with Gasteiger partial charge in [-0.3, -0.25) is 14.4 Å². The monoisotopic (exact) mass is 437 g/mol. The van der Waals surface area contributed by atoms with Crippen LogP contribution in [-0.4, -0.2) is 40.5 Å². The van der Waals surface area contributed by atoms with Gasteiger partial charge in [0.05, 0.1) is 5.56 Å². The van der Waals surface area contributed by atoms with E-state index in [0.717, 1.165) is 24.5 Å². The zero-order valence-electron chi connectivity index (χ0n) is 18.5. The molecule has 0 bridgehead atoms. The summed E-state index contributed by atoms with van der Waals surface area (Å²) in [5, 5.41) is 5.83. The van der Waals surface area contributed by atoms with E-state index in [4.69, 9.17) is 4.42 Å². The molecule has 1 aliphatic heterocycles. The van der Waals surface area contributed by atoms with Crippen molar-refractivity contribution < 1.29 is 14.0 Å². The molecule has 4 rings (SSSR count). The Morgan fingerprint density at radius 3 is 2.75 bits per heavy atom. The highest BCUT2D eigenvalue weighted by molar-refractivity contribution is 6.06. The number of anilines is 2. The minimum absolute atomic E-state index is 0.0881. The number of aryl methyl sites for hydroxylation is 2. The molecule has 3 aromatic rings. The predicted molar refractivity (Wildman–Crippen MR) is 122 cm³/mol. The van der Waals surface area contributed by atoms with E-state index in [-0.39, 0.29) is 34.6 Å². The average Bonchev–Trinajstić information content (AvgIpc) is 3.38. The van der Waals surface area contributed by atoms with Crippen molar-refractivity contribution >= 4 is 34.3 Å². The van der Waals surface area contributed by atoms with Crippen molar-refractivity contribution in [2.24, 2.45) is 7.05 Å². The second kappa shape index (κ2) is 8.86. The first kappa shape index (κ1) is 21.6. The maximum atomic E-state index is 12.9. The molecular formula is C23H27N5O4. The fourth-order valence-corrected chi connectivity index (χ4v) is 4.05. The maximum Gasteiger partial charge on any atom is 0.265 e. The first-order chi connectivity index (χ1) is 15.3. The molecule has 32 heavy (non-hydrogen) atoms. The van der Waals surface area contributed by atoms with Gasteiger partial charge in [0.2, 0.25) is 11.6 Å². The zero-order valence-corrected chi connectivity index (χ0v) is 18.5. The minimum atomic E-state index is -0.470. The van der Waals surface area contributed by atoms with Gasteiger partial charge in [-0.25, -0.2) is 4.98 Å². The van der Waals surface area contributed by atoms with Crippen LogP contribution in [0.5, 0.6) is 0 Å². The third-order valence-electron chi connectivity index (χ3n) is 5.65. The van der Waals surface area contributed by atoms with Crippen molar-refractivity contribution in [3.8, 4) is 0 Å². The summed E-state index contributed by atoms with van der Waals surface area (Å²) in [5.41, 5.74) is 1.74. The summed E-state index contributed by atoms with van der Waals surface area (Å²) in [6, 6.07) is 7.34. The van der Waals surface area contributed by atoms with Crippen molar-refractivity contribution in [1.82, 2.24) is 14.9 Å². The molecule has 1 saturated heterocycles. The number of carbonyl (C=O) groups excluding carboxylic acids is 2. The highest BCUT2D eigenvalue weighted by atomic mass is 16.3. The molecule has 2 amide bonds. The standard InChI is InChI=1S/C23H27N5O4/c1-14(11-18(29)26-16-7-6-8-17(12-16)28-9-4-5-10-28)25-21(30)19-15(2)32-22-20(19)23(31)27(3)13-24-22/h6-8,12-14H,4-5,9-11H2,1-3H3,(H,25,30)(H,26,29). The smallest absolute Gasteiger partial charge is 0.265 e. The summed E-state index contributed by atoms with van der Waals surface area (Å²) in [6.07, 6.45) is 3.80. The Kier molecular flexibility index (Phi) is 5.98. The number of hydrogen-bond donors (Lipinski definition) is 2. The van der Waals surface area contributed by atoms with E-state index in [0.29, 0.717) is 5.76 Å². The lowest BCUT2D eigenvalue weighted by atomic mass is 10.1. The van der Waals surface area contributed by atoms with Crippen LogP contribution in [0.25, 0.3) is 11.1 Å². The number of furan rings is 1. The Bertz CT molecular complexity index is 1220. The highest BCUT2D eigenvalue weighted by Crippen LogP contribution is 2.24. The van der Waals surface area contributed by atoms with Crippen LogP contribution in [0.4, 0.5) is 11.4 Å². The van der Waals surface area contributed by atoms with Gasteiger partial charge < -0.3 is 24.5 Å². The van der Waals surface area contributed by atoms with Crippen LogP contribution in [0.3, 0.4) is 0 Å². The van der Waals surface area contributed by atoms with E-state index >= 15 is 0 Å². The van der Waals surface area contributed by atoms with E-state index < -0.39 is 11.9 Å². The molecule has 168 valence electrons. The summed E-state index contributed by atoms with van der Waals surface area (Å²) < 4.78 is 6.78. The Balaban J connectivity index is 1.41. The van der Waals surface area contributed by atoms with Gasteiger partial charge in [-0.1, -0.05) is 6.07 Å². The molecule has 0 radical (unpaired) electrons. The number of nitrogens with zero attached hydrogens (tertiary/aromatic N) is 3. The molecule has 0 saturated carbocycles. The number of carbonyl (C=O) groups is 2. The average molecular weight is 438 g/mol. The second-order valence-corrected chi connectivity index (χ2v) is 8.25. The molecule has 3 heterocycles. The van der Waals surface area contributed by atoms with Crippen molar-refractivity contribution in [2.75, 3.05) is 23.3 Å². The molecule has 0 spiro atoms. The van der Waals surface area contributed by atoms with Gasteiger partial charge in [0.1, 0.15) is 17.5 Å². The number of amides is 2. The summed E-state index contributed by atoms with van der Waals surface area (Å²) in [4.78, 5) is 44.2. The Hall–Kier alpha value is -3.62. The van der Waals surface area contributed by atoms with Gasteiger partial charge in [-0.15, -0.1) is 0 Å². The van der Waals surface area contributed by atoms with Crippen LogP contribution in [0.1, 0.15) is 42.3 Å². The largest absolute Gasteiger partial charge is 0.442 e. The molecule has 2 N–H and O–H groups in total. The van der Waals surface area contributed by atoms with Crippen molar-refractivity contribution in [2.45, 2.75) is 39.2 Å². The lowest BCUT2D eigenvalue weighted by molar-refractivity contribution is -0.116. The van der Waals surface area contributed by atoms with Crippen LogP contribution in [0, 0.1) is 6.92 Å². The molecule has 1 aromatic carbocycles. The first-order valence-electron chi connectivity index (χ1n) is 10.7. The number of fused-ring (bicyclic) bond motifs is 1. The lowest BCUT2D eigenvalue weighted by Crippen LogP contribution is -2.36. The van der Waals surface area contributed by atoms with Crippen LogP contribution in [-0.2, 0) is 11.8 Å². The van der Waals surface area contributed by atoms with Crippen molar-refractivity contribution in [3.05, 3.63) is 52.3 Å². The van der Waals surface area contributed by atoms with Crippen LogP contribution in [0.15, 0.2) is 39.8 Å². The van der Waals surface area contributed by atoms with Gasteiger partial charge in [-0.2, -0.15) is 0 Å². The molecule has 1 atom stereocenters. The number of hydrogen-bond acceptors (Lipinski definition) is 6. The fourth-order valence-electron chi connectivity index (χ4n) is 4.05. The molecule has 9 nitrogen and oxygen atoms in total. The van der Waals surface area contributed by atoms with Gasteiger partial charge in [0, 0.05) is 44.0 Å². The normalized spacial score (nSPS) is 14.5. The summed E-state index contributed by atoms with van der Waals surface area (Å²) in [6.45, 7) is 5.41. The summed E-state index contributed by atoms with van der Waals surface area (Å²) in [7, 11) is 1.56. The van der Waals surface area contributed by atoms with E-state index in [1.54, 1.807) is 20.9 Å². The molecule has 2 aromatic heterocycles. The van der Waals surface area contributed by atoms with Gasteiger partial charge >= 0.3 is 0 Å². The van der Waals surface area contributed by atoms with E-state index in [1.807, 2.05) is 24.3 Å². The lowest BCUT2D eigenvalue weighted by Gasteiger charge is -2.19. The quantitative estimate of drug-likeness (QED) is 0.613. The minimum Gasteiger partial charge on any atom is -0.442 e. The second-order valence-electron chi connectivity index (χ2n) is 8.25. The molecule has 1 unspecified atom stereocenters. The summed E-state index contributed by atoms with van der Waals surface area (Å²) >= 11 is 0. The third kappa shape index (κ3) is 4.37. The molecule has 1 aliphatic rings. The van der Waals surface area contributed by atoms with Gasteiger partial charge in [-0.05, 0) is 44.9 Å². The number of aromatic nitrogens is 2.